The van der Waals surface area contributed by atoms with Crippen LogP contribution in [0.5, 0.6) is 0 Å². The zero-order valence-electron chi connectivity index (χ0n) is 15.0. The second-order valence-corrected chi connectivity index (χ2v) is 6.77. The number of unbranched alkanes of at least 4 members (excludes halogenated alkanes) is 5. The van der Waals surface area contributed by atoms with E-state index in [0.717, 1.165) is 38.5 Å². The average molecular weight is 332 g/mol. The number of alkyl halides is 2. The molecule has 0 fully saturated rings. The molecule has 0 aromatic carbocycles. The maximum absolute atomic E-state index is 14.5. The number of nitrogens with zero attached hydrogens (tertiary/aromatic N) is 2. The molecule has 1 rings (SSSR count). The fraction of sp³-hybridized carbons (Fsp3) is 0.833. The van der Waals surface area contributed by atoms with Crippen molar-refractivity contribution in [1.82, 2.24) is 9.78 Å². The van der Waals surface area contributed by atoms with Gasteiger partial charge < -0.3 is 0 Å². The van der Waals surface area contributed by atoms with E-state index in [-0.39, 0.29) is 5.69 Å². The lowest BCUT2D eigenvalue weighted by Crippen LogP contribution is -2.33. The van der Waals surface area contributed by atoms with Crippen molar-refractivity contribution < 1.29 is 13.2 Å². The normalized spacial score (nSPS) is 14.4. The van der Waals surface area contributed by atoms with Gasteiger partial charge in [0, 0.05) is 0 Å². The van der Waals surface area contributed by atoms with Crippen LogP contribution in [0.4, 0.5) is 13.2 Å². The summed E-state index contributed by atoms with van der Waals surface area (Å²) in [5, 5.41) is 4.13. The maximum Gasteiger partial charge on any atom is 0.270 e. The van der Waals surface area contributed by atoms with E-state index in [4.69, 9.17) is 0 Å². The molecule has 134 valence electrons. The van der Waals surface area contributed by atoms with Crippen molar-refractivity contribution in [2.24, 2.45) is 0 Å². The Morgan fingerprint density at radius 3 is 2.09 bits per heavy atom. The fourth-order valence-corrected chi connectivity index (χ4v) is 3.12. The van der Waals surface area contributed by atoms with Crippen LogP contribution in [-0.4, -0.2) is 9.78 Å². The molecule has 23 heavy (non-hydrogen) atoms. The average Bonchev–Trinajstić information content (AvgIpc) is 2.80. The van der Waals surface area contributed by atoms with Crippen molar-refractivity contribution in [3.8, 4) is 0 Å². The van der Waals surface area contributed by atoms with Gasteiger partial charge >= 0.3 is 0 Å². The van der Waals surface area contributed by atoms with Crippen molar-refractivity contribution in [2.75, 3.05) is 0 Å². The molecule has 0 bridgehead atoms. The maximum atomic E-state index is 14.5. The molecule has 0 N–H and O–H groups in total. The highest BCUT2D eigenvalue weighted by Gasteiger charge is 2.33. The second kappa shape index (κ2) is 9.33. The monoisotopic (exact) mass is 332 g/mol. The van der Waals surface area contributed by atoms with Crippen molar-refractivity contribution in [3.63, 3.8) is 0 Å². The minimum absolute atomic E-state index is 0.103. The molecule has 1 unspecified atom stereocenters. The van der Waals surface area contributed by atoms with Gasteiger partial charge in [-0.05, 0) is 26.7 Å². The first-order valence-corrected chi connectivity index (χ1v) is 8.91. The Morgan fingerprint density at radius 2 is 1.57 bits per heavy atom. The van der Waals surface area contributed by atoms with Crippen LogP contribution in [0.1, 0.15) is 96.2 Å². The van der Waals surface area contributed by atoms with E-state index in [9.17, 15) is 13.2 Å². The van der Waals surface area contributed by atoms with Crippen molar-refractivity contribution in [2.45, 2.75) is 97.4 Å². The van der Waals surface area contributed by atoms with E-state index in [1.807, 2.05) is 6.92 Å². The van der Waals surface area contributed by atoms with Gasteiger partial charge in [0.25, 0.3) is 6.43 Å². The van der Waals surface area contributed by atoms with E-state index in [0.29, 0.717) is 0 Å². The van der Waals surface area contributed by atoms with Crippen LogP contribution in [-0.2, 0) is 5.54 Å². The number of rotatable bonds is 11. The Morgan fingerprint density at radius 1 is 1.00 bits per heavy atom. The van der Waals surface area contributed by atoms with Gasteiger partial charge in [-0.25, -0.2) is 13.5 Å². The molecule has 0 saturated carbocycles. The topological polar surface area (TPSA) is 17.8 Å². The first kappa shape index (κ1) is 20.0. The highest BCUT2D eigenvalue weighted by atomic mass is 19.3. The molecule has 0 aliphatic rings. The van der Waals surface area contributed by atoms with Crippen LogP contribution in [0.3, 0.4) is 0 Å². The molecule has 1 heterocycles. The molecule has 1 aromatic rings. The molecule has 0 amide bonds. The highest BCUT2D eigenvalue weighted by Crippen LogP contribution is 2.34. The predicted octanol–water partition coefficient (Wildman–Crippen LogP) is 6.53. The van der Waals surface area contributed by atoms with E-state index < -0.39 is 23.5 Å². The minimum Gasteiger partial charge on any atom is -0.233 e. The first-order chi connectivity index (χ1) is 10.9. The van der Waals surface area contributed by atoms with Gasteiger partial charge in [0.15, 0.2) is 0 Å². The van der Waals surface area contributed by atoms with Crippen molar-refractivity contribution in [1.29, 1.82) is 0 Å². The summed E-state index contributed by atoms with van der Waals surface area (Å²) in [6, 6.07) is 0. The first-order valence-electron chi connectivity index (χ1n) is 8.91. The molecule has 2 nitrogen and oxygen atoms in total. The number of halogens is 3. The summed E-state index contributed by atoms with van der Waals surface area (Å²) in [5.74, 6) is -0.857. The molecule has 0 aliphatic carbocycles. The van der Waals surface area contributed by atoms with E-state index in [1.165, 1.54) is 30.9 Å². The number of hydrogen-bond donors (Lipinski definition) is 0. The fourth-order valence-electron chi connectivity index (χ4n) is 3.12. The standard InChI is InChI=1S/C18H31F3N2/c1-5-7-9-10-11-13-18(4,12-8-6-2)23-17(21)15(16(19)20)14(3)22-23/h16H,5-13H2,1-4H3. The Hall–Kier alpha value is -1.00. The number of hydrogen-bond acceptors (Lipinski definition) is 1. The van der Waals surface area contributed by atoms with Gasteiger partial charge in [-0.15, -0.1) is 0 Å². The van der Waals surface area contributed by atoms with E-state index >= 15 is 0 Å². The number of aryl methyl sites for hydroxylation is 1. The van der Waals surface area contributed by atoms with Gasteiger partial charge in [0.2, 0.25) is 5.95 Å². The summed E-state index contributed by atoms with van der Waals surface area (Å²) >= 11 is 0. The Kier molecular flexibility index (Phi) is 8.13. The van der Waals surface area contributed by atoms with Gasteiger partial charge in [-0.1, -0.05) is 58.8 Å². The van der Waals surface area contributed by atoms with Gasteiger partial charge in [0.1, 0.15) is 0 Å². The van der Waals surface area contributed by atoms with Crippen molar-refractivity contribution in [3.05, 3.63) is 17.2 Å². The summed E-state index contributed by atoms with van der Waals surface area (Å²) in [5.41, 5.74) is -0.963. The molecule has 0 radical (unpaired) electrons. The molecule has 0 spiro atoms. The van der Waals surface area contributed by atoms with Gasteiger partial charge in [0.05, 0.1) is 16.8 Å². The third-order valence-corrected chi connectivity index (χ3v) is 4.67. The third-order valence-electron chi connectivity index (χ3n) is 4.67. The second-order valence-electron chi connectivity index (χ2n) is 6.77. The van der Waals surface area contributed by atoms with Gasteiger partial charge in [-0.2, -0.15) is 9.49 Å². The SMILES string of the molecule is CCCCCCCC(C)(CCCC)n1nc(C)c(C(F)F)c1F. The van der Waals surface area contributed by atoms with E-state index in [1.54, 1.807) is 0 Å². The summed E-state index contributed by atoms with van der Waals surface area (Å²) in [6.07, 6.45) is 6.28. The zero-order chi connectivity index (χ0) is 17.5. The summed E-state index contributed by atoms with van der Waals surface area (Å²) in [7, 11) is 0. The molecule has 1 atom stereocenters. The quantitative estimate of drug-likeness (QED) is 0.421. The van der Waals surface area contributed by atoms with Crippen LogP contribution in [0.25, 0.3) is 0 Å². The Balaban J connectivity index is 2.94. The smallest absolute Gasteiger partial charge is 0.233 e. The lowest BCUT2D eigenvalue weighted by molar-refractivity contribution is 0.140. The summed E-state index contributed by atoms with van der Waals surface area (Å²) in [4.78, 5) is 0. The Labute approximate surface area is 138 Å². The van der Waals surface area contributed by atoms with Crippen molar-refractivity contribution >= 4 is 0 Å². The molecule has 0 saturated heterocycles. The largest absolute Gasteiger partial charge is 0.270 e. The van der Waals surface area contributed by atoms with Crippen LogP contribution < -0.4 is 0 Å². The minimum atomic E-state index is -2.82. The zero-order valence-corrected chi connectivity index (χ0v) is 15.0. The molecule has 5 heteroatoms. The van der Waals surface area contributed by atoms with Crippen LogP contribution in [0, 0.1) is 12.9 Å². The molecule has 0 aliphatic heterocycles. The summed E-state index contributed by atoms with van der Waals surface area (Å²) < 4.78 is 41.8. The van der Waals surface area contributed by atoms with E-state index in [2.05, 4.69) is 18.9 Å². The molecular weight excluding hydrogens is 301 g/mol. The lowest BCUT2D eigenvalue weighted by atomic mass is 9.88. The van der Waals surface area contributed by atoms with Crippen LogP contribution >= 0.6 is 0 Å². The summed E-state index contributed by atoms with van der Waals surface area (Å²) in [6.45, 7) is 7.66. The van der Waals surface area contributed by atoms with Crippen LogP contribution in [0.15, 0.2) is 0 Å². The Bertz CT molecular complexity index is 471. The molecule has 1 aromatic heterocycles. The predicted molar refractivity (Wildman–Crippen MR) is 88.4 cm³/mol. The number of aromatic nitrogens is 2. The van der Waals surface area contributed by atoms with Gasteiger partial charge in [-0.3, -0.25) is 0 Å². The molecular formula is C18H31F3N2. The third kappa shape index (κ3) is 5.25. The van der Waals surface area contributed by atoms with Crippen LogP contribution in [0.2, 0.25) is 0 Å². The highest BCUT2D eigenvalue weighted by molar-refractivity contribution is 5.19. The lowest BCUT2D eigenvalue weighted by Gasteiger charge is -2.31.